The molecule has 1 rings (SSSR count). The van der Waals surface area contributed by atoms with Crippen molar-refractivity contribution in [3.8, 4) is 0 Å². The SMILES string of the molecule is Cc1ncc(S(=O)(=O)N[C@H](CO)C(C)C)[nH]1. The zero-order valence-corrected chi connectivity index (χ0v) is 10.4. The van der Waals surface area contributed by atoms with Gasteiger partial charge in [0.2, 0.25) is 0 Å². The van der Waals surface area contributed by atoms with Gasteiger partial charge in [-0.15, -0.1) is 0 Å². The van der Waals surface area contributed by atoms with Gasteiger partial charge in [-0.25, -0.2) is 18.1 Å². The number of hydrogen-bond donors (Lipinski definition) is 3. The molecule has 0 saturated carbocycles. The average Bonchev–Trinajstić information content (AvgIpc) is 2.61. The van der Waals surface area contributed by atoms with E-state index < -0.39 is 16.1 Å². The Morgan fingerprint density at radius 3 is 2.56 bits per heavy atom. The van der Waals surface area contributed by atoms with Crippen molar-refractivity contribution in [2.75, 3.05) is 6.61 Å². The van der Waals surface area contributed by atoms with Gasteiger partial charge in [0.25, 0.3) is 10.0 Å². The first-order valence-electron chi connectivity index (χ1n) is 5.01. The van der Waals surface area contributed by atoms with Crippen LogP contribution in [-0.2, 0) is 10.0 Å². The van der Waals surface area contributed by atoms with Crippen molar-refractivity contribution in [3.05, 3.63) is 12.0 Å². The standard InChI is InChI=1S/C9H17N3O3S/c1-6(2)8(5-13)12-16(14,15)9-4-10-7(3)11-9/h4,6,8,12-13H,5H2,1-3H3,(H,10,11)/t8-/m1/s1. The molecule has 0 aliphatic carbocycles. The van der Waals surface area contributed by atoms with Crippen LogP contribution in [0.2, 0.25) is 0 Å². The van der Waals surface area contributed by atoms with Gasteiger partial charge in [0.1, 0.15) is 5.82 Å². The van der Waals surface area contributed by atoms with E-state index in [2.05, 4.69) is 14.7 Å². The second-order valence-electron chi connectivity index (χ2n) is 3.99. The van der Waals surface area contributed by atoms with E-state index in [0.717, 1.165) is 0 Å². The summed E-state index contributed by atoms with van der Waals surface area (Å²) in [6.07, 6.45) is 1.26. The monoisotopic (exact) mass is 247 g/mol. The highest BCUT2D eigenvalue weighted by Gasteiger charge is 2.23. The normalized spacial score (nSPS) is 14.3. The Morgan fingerprint density at radius 1 is 1.56 bits per heavy atom. The highest BCUT2D eigenvalue weighted by atomic mass is 32.2. The predicted octanol–water partition coefficient (Wildman–Crippen LogP) is 0.0133. The molecule has 0 fully saturated rings. The highest BCUT2D eigenvalue weighted by molar-refractivity contribution is 7.89. The smallest absolute Gasteiger partial charge is 0.257 e. The molecule has 0 aliphatic heterocycles. The number of aromatic nitrogens is 2. The Kier molecular flexibility index (Phi) is 4.06. The van der Waals surface area contributed by atoms with E-state index in [1.807, 2.05) is 13.8 Å². The number of hydrogen-bond acceptors (Lipinski definition) is 4. The molecule has 1 aromatic rings. The largest absolute Gasteiger partial charge is 0.395 e. The van der Waals surface area contributed by atoms with Crippen LogP contribution in [0.4, 0.5) is 0 Å². The Morgan fingerprint density at radius 2 is 2.19 bits per heavy atom. The molecule has 0 unspecified atom stereocenters. The van der Waals surface area contributed by atoms with Crippen LogP contribution >= 0.6 is 0 Å². The van der Waals surface area contributed by atoms with Crippen molar-refractivity contribution < 1.29 is 13.5 Å². The second-order valence-corrected chi connectivity index (χ2v) is 5.67. The molecule has 92 valence electrons. The summed E-state index contributed by atoms with van der Waals surface area (Å²) < 4.78 is 26.1. The lowest BCUT2D eigenvalue weighted by molar-refractivity contribution is 0.227. The summed E-state index contributed by atoms with van der Waals surface area (Å²) in [5.41, 5.74) is 0. The van der Waals surface area contributed by atoms with Crippen LogP contribution in [0.1, 0.15) is 19.7 Å². The number of aryl methyl sites for hydroxylation is 1. The summed E-state index contributed by atoms with van der Waals surface area (Å²) in [6.45, 7) is 5.11. The summed E-state index contributed by atoms with van der Waals surface area (Å²) in [5, 5.41) is 9.08. The molecule has 3 N–H and O–H groups in total. The number of nitrogens with zero attached hydrogens (tertiary/aromatic N) is 1. The molecule has 0 bridgehead atoms. The fourth-order valence-electron chi connectivity index (χ4n) is 1.18. The summed E-state index contributed by atoms with van der Waals surface area (Å²) in [5.74, 6) is 0.550. The van der Waals surface area contributed by atoms with Crippen molar-refractivity contribution >= 4 is 10.0 Å². The first-order chi connectivity index (χ1) is 7.36. The average molecular weight is 247 g/mol. The number of aliphatic hydroxyl groups excluding tert-OH is 1. The maximum atomic E-state index is 11.8. The molecule has 7 heteroatoms. The van der Waals surface area contributed by atoms with Crippen molar-refractivity contribution in [1.82, 2.24) is 14.7 Å². The Labute approximate surface area is 95.2 Å². The summed E-state index contributed by atoms with van der Waals surface area (Å²) >= 11 is 0. The number of nitrogens with one attached hydrogen (secondary N) is 2. The third kappa shape index (κ3) is 3.03. The van der Waals surface area contributed by atoms with Crippen LogP contribution in [0.3, 0.4) is 0 Å². The number of aromatic amines is 1. The third-order valence-electron chi connectivity index (χ3n) is 2.28. The fraction of sp³-hybridized carbons (Fsp3) is 0.667. The minimum atomic E-state index is -3.62. The third-order valence-corrected chi connectivity index (χ3v) is 3.68. The van der Waals surface area contributed by atoms with E-state index in [1.54, 1.807) is 6.92 Å². The van der Waals surface area contributed by atoms with E-state index >= 15 is 0 Å². The number of aliphatic hydroxyl groups is 1. The zero-order chi connectivity index (χ0) is 12.3. The van der Waals surface area contributed by atoms with E-state index in [-0.39, 0.29) is 17.6 Å². The van der Waals surface area contributed by atoms with Gasteiger partial charge in [-0.2, -0.15) is 0 Å². The van der Waals surface area contributed by atoms with Crippen molar-refractivity contribution in [2.45, 2.75) is 31.8 Å². The number of sulfonamides is 1. The quantitative estimate of drug-likeness (QED) is 0.683. The molecule has 1 heterocycles. The maximum Gasteiger partial charge on any atom is 0.257 e. The fourth-order valence-corrected chi connectivity index (χ4v) is 2.53. The molecular weight excluding hydrogens is 230 g/mol. The topological polar surface area (TPSA) is 95.1 Å². The lowest BCUT2D eigenvalue weighted by Crippen LogP contribution is -2.41. The van der Waals surface area contributed by atoms with Gasteiger partial charge in [-0.3, -0.25) is 0 Å². The molecule has 0 radical (unpaired) electrons. The van der Waals surface area contributed by atoms with Gasteiger partial charge in [-0.05, 0) is 12.8 Å². The van der Waals surface area contributed by atoms with Crippen molar-refractivity contribution in [1.29, 1.82) is 0 Å². The summed E-state index contributed by atoms with van der Waals surface area (Å²) in [6, 6.07) is -0.492. The molecule has 16 heavy (non-hydrogen) atoms. The maximum absolute atomic E-state index is 11.8. The first-order valence-corrected chi connectivity index (χ1v) is 6.50. The van der Waals surface area contributed by atoms with Crippen LogP contribution in [0, 0.1) is 12.8 Å². The zero-order valence-electron chi connectivity index (χ0n) is 9.56. The molecule has 1 atom stereocenters. The molecule has 1 aromatic heterocycles. The second kappa shape index (κ2) is 4.94. The molecule has 0 saturated heterocycles. The summed E-state index contributed by atoms with van der Waals surface area (Å²) in [7, 11) is -3.62. The first kappa shape index (κ1) is 13.1. The highest BCUT2D eigenvalue weighted by Crippen LogP contribution is 2.09. The minimum absolute atomic E-state index is 0.0174. The van der Waals surface area contributed by atoms with Crippen LogP contribution < -0.4 is 4.72 Å². The van der Waals surface area contributed by atoms with Gasteiger partial charge >= 0.3 is 0 Å². The Bertz CT molecular complexity index is 439. The lowest BCUT2D eigenvalue weighted by atomic mass is 10.1. The molecule has 0 spiro atoms. The predicted molar refractivity (Wildman–Crippen MR) is 59.4 cm³/mol. The van der Waals surface area contributed by atoms with E-state index in [0.29, 0.717) is 5.82 Å². The van der Waals surface area contributed by atoms with Crippen molar-refractivity contribution in [3.63, 3.8) is 0 Å². The lowest BCUT2D eigenvalue weighted by Gasteiger charge is -2.18. The molecular formula is C9H17N3O3S. The number of rotatable bonds is 5. The van der Waals surface area contributed by atoms with Crippen LogP contribution in [0.5, 0.6) is 0 Å². The molecule has 0 aromatic carbocycles. The van der Waals surface area contributed by atoms with Crippen LogP contribution in [-0.4, -0.2) is 36.1 Å². The van der Waals surface area contributed by atoms with Gasteiger partial charge in [-0.1, -0.05) is 13.8 Å². The van der Waals surface area contributed by atoms with E-state index in [1.165, 1.54) is 6.20 Å². The van der Waals surface area contributed by atoms with Crippen LogP contribution in [0.25, 0.3) is 0 Å². The molecule has 6 nitrogen and oxygen atoms in total. The minimum Gasteiger partial charge on any atom is -0.395 e. The van der Waals surface area contributed by atoms with Crippen LogP contribution in [0.15, 0.2) is 11.2 Å². The number of imidazole rings is 1. The van der Waals surface area contributed by atoms with Gasteiger partial charge in [0.15, 0.2) is 5.03 Å². The summed E-state index contributed by atoms with van der Waals surface area (Å²) in [4.78, 5) is 6.47. The van der Waals surface area contributed by atoms with Gasteiger partial charge in [0.05, 0.1) is 12.8 Å². The molecule has 0 aliphatic rings. The van der Waals surface area contributed by atoms with Crippen molar-refractivity contribution in [2.24, 2.45) is 5.92 Å². The van der Waals surface area contributed by atoms with E-state index in [9.17, 15) is 8.42 Å². The van der Waals surface area contributed by atoms with E-state index in [4.69, 9.17) is 5.11 Å². The van der Waals surface area contributed by atoms with Gasteiger partial charge < -0.3 is 10.1 Å². The Balaban J connectivity index is 2.87. The number of H-pyrrole nitrogens is 1. The molecule has 0 amide bonds. The van der Waals surface area contributed by atoms with Gasteiger partial charge in [0, 0.05) is 6.04 Å². The Hall–Kier alpha value is -0.920.